The van der Waals surface area contributed by atoms with Crippen LogP contribution in [0.3, 0.4) is 0 Å². The van der Waals surface area contributed by atoms with Gasteiger partial charge in [0.2, 0.25) is 5.91 Å². The second-order valence-electron chi connectivity index (χ2n) is 5.62. The van der Waals surface area contributed by atoms with Gasteiger partial charge >= 0.3 is 6.18 Å². The number of nitrogens with two attached hydrogens (primary N) is 1. The summed E-state index contributed by atoms with van der Waals surface area (Å²) in [6, 6.07) is 13.0. The predicted molar refractivity (Wildman–Crippen MR) is 89.5 cm³/mol. The third-order valence-electron chi connectivity index (χ3n) is 3.57. The van der Waals surface area contributed by atoms with Crippen molar-refractivity contribution >= 4 is 11.6 Å². The Morgan fingerprint density at radius 1 is 1.16 bits per heavy atom. The molecular formula is C18H19F3N2O2. The number of amides is 1. The van der Waals surface area contributed by atoms with E-state index in [1.54, 1.807) is 13.0 Å². The van der Waals surface area contributed by atoms with Crippen molar-refractivity contribution < 1.29 is 22.7 Å². The average Bonchev–Trinajstić information content (AvgIpc) is 2.55. The Morgan fingerprint density at radius 3 is 2.48 bits per heavy atom. The fourth-order valence-corrected chi connectivity index (χ4v) is 2.25. The van der Waals surface area contributed by atoms with Crippen LogP contribution in [0, 0.1) is 6.92 Å². The minimum Gasteiger partial charge on any atom is -0.484 e. The van der Waals surface area contributed by atoms with Gasteiger partial charge in [-0.25, -0.2) is 0 Å². The van der Waals surface area contributed by atoms with Crippen molar-refractivity contribution in [2.45, 2.75) is 25.6 Å². The van der Waals surface area contributed by atoms with E-state index in [-0.39, 0.29) is 5.75 Å². The summed E-state index contributed by atoms with van der Waals surface area (Å²) in [6.45, 7) is 0.183. The van der Waals surface area contributed by atoms with Crippen LogP contribution in [0.1, 0.15) is 11.1 Å². The largest absolute Gasteiger partial charge is 0.484 e. The van der Waals surface area contributed by atoms with Gasteiger partial charge in [-0.1, -0.05) is 36.4 Å². The first-order chi connectivity index (χ1) is 11.8. The van der Waals surface area contributed by atoms with Crippen molar-refractivity contribution in [1.82, 2.24) is 0 Å². The van der Waals surface area contributed by atoms with Gasteiger partial charge in [-0.2, -0.15) is 13.2 Å². The average molecular weight is 352 g/mol. The molecule has 1 amide bonds. The van der Waals surface area contributed by atoms with E-state index in [0.717, 1.165) is 5.56 Å². The number of halogens is 3. The van der Waals surface area contributed by atoms with Crippen molar-refractivity contribution in [3.63, 3.8) is 0 Å². The Bertz CT molecular complexity index is 718. The van der Waals surface area contributed by atoms with Crippen molar-refractivity contribution in [3.05, 3.63) is 59.7 Å². The first-order valence-electron chi connectivity index (χ1n) is 7.66. The number of alkyl halides is 3. The first kappa shape index (κ1) is 18.8. The predicted octanol–water partition coefficient (Wildman–Crippen LogP) is 3.44. The smallest absolute Gasteiger partial charge is 0.422 e. The second-order valence-corrected chi connectivity index (χ2v) is 5.62. The van der Waals surface area contributed by atoms with Crippen LogP contribution in [0.15, 0.2) is 48.5 Å². The molecule has 7 heteroatoms. The zero-order chi connectivity index (χ0) is 18.4. The quantitative estimate of drug-likeness (QED) is 0.837. The molecule has 2 aromatic rings. The molecule has 0 aromatic heterocycles. The van der Waals surface area contributed by atoms with E-state index in [1.807, 2.05) is 30.3 Å². The summed E-state index contributed by atoms with van der Waals surface area (Å²) in [5.74, 6) is -0.355. The number of ether oxygens (including phenoxy) is 1. The molecule has 0 spiro atoms. The van der Waals surface area contributed by atoms with Gasteiger partial charge in [-0.3, -0.25) is 4.79 Å². The molecule has 0 radical (unpaired) electrons. The molecule has 0 bridgehead atoms. The molecule has 0 saturated heterocycles. The number of nitrogens with one attached hydrogen (secondary N) is 1. The Kier molecular flexibility index (Phi) is 6.03. The Labute approximate surface area is 143 Å². The highest BCUT2D eigenvalue weighted by atomic mass is 19.4. The maximum absolute atomic E-state index is 12.3. The normalized spacial score (nSPS) is 12.5. The third-order valence-corrected chi connectivity index (χ3v) is 3.57. The summed E-state index contributed by atoms with van der Waals surface area (Å²) < 4.78 is 41.6. The zero-order valence-electron chi connectivity index (χ0n) is 13.6. The maximum atomic E-state index is 12.3. The molecule has 0 unspecified atom stereocenters. The number of benzene rings is 2. The molecule has 1 atom stereocenters. The first-order valence-corrected chi connectivity index (χ1v) is 7.66. The molecule has 0 aliphatic rings. The van der Waals surface area contributed by atoms with Crippen LogP contribution in [0.5, 0.6) is 5.75 Å². The SMILES string of the molecule is Cc1c(NC(=O)[C@@H](N)Cc2ccccc2)cccc1OCC(F)(F)F. The summed E-state index contributed by atoms with van der Waals surface area (Å²) in [6.07, 6.45) is -4.07. The monoisotopic (exact) mass is 352 g/mol. The fraction of sp³-hybridized carbons (Fsp3) is 0.278. The molecule has 25 heavy (non-hydrogen) atoms. The van der Waals surface area contributed by atoms with Crippen LogP contribution in [-0.2, 0) is 11.2 Å². The van der Waals surface area contributed by atoms with Crippen LogP contribution in [0.4, 0.5) is 18.9 Å². The van der Waals surface area contributed by atoms with Gasteiger partial charge in [-0.15, -0.1) is 0 Å². The number of hydrogen-bond donors (Lipinski definition) is 2. The number of rotatable bonds is 6. The van der Waals surface area contributed by atoms with Crippen molar-refractivity contribution in [1.29, 1.82) is 0 Å². The lowest BCUT2D eigenvalue weighted by Gasteiger charge is -2.16. The van der Waals surface area contributed by atoms with E-state index in [1.165, 1.54) is 12.1 Å². The minimum atomic E-state index is -4.43. The van der Waals surface area contributed by atoms with Gasteiger partial charge in [0.05, 0.1) is 6.04 Å². The summed E-state index contributed by atoms with van der Waals surface area (Å²) >= 11 is 0. The molecule has 2 rings (SSSR count). The van der Waals surface area contributed by atoms with E-state index in [4.69, 9.17) is 10.5 Å². The number of hydrogen-bond acceptors (Lipinski definition) is 3. The van der Waals surface area contributed by atoms with Crippen molar-refractivity contribution in [2.24, 2.45) is 5.73 Å². The van der Waals surface area contributed by atoms with Gasteiger partial charge in [0.25, 0.3) is 0 Å². The molecule has 134 valence electrons. The molecule has 0 aliphatic carbocycles. The molecular weight excluding hydrogens is 333 g/mol. The number of anilines is 1. The third kappa shape index (κ3) is 5.79. The van der Waals surface area contributed by atoms with Gasteiger partial charge in [-0.05, 0) is 31.0 Å². The van der Waals surface area contributed by atoms with E-state index >= 15 is 0 Å². The van der Waals surface area contributed by atoms with Gasteiger partial charge in [0.1, 0.15) is 5.75 Å². The van der Waals surface area contributed by atoms with Gasteiger partial charge in [0, 0.05) is 11.3 Å². The number of carbonyl (C=O) groups is 1. The van der Waals surface area contributed by atoms with Crippen LogP contribution in [0.2, 0.25) is 0 Å². The van der Waals surface area contributed by atoms with Crippen molar-refractivity contribution in [3.8, 4) is 5.75 Å². The molecule has 0 aliphatic heterocycles. The Morgan fingerprint density at radius 2 is 1.84 bits per heavy atom. The fourth-order valence-electron chi connectivity index (χ4n) is 2.25. The summed E-state index contributed by atoms with van der Waals surface area (Å²) in [7, 11) is 0. The van der Waals surface area contributed by atoms with Crippen molar-refractivity contribution in [2.75, 3.05) is 11.9 Å². The molecule has 2 aromatic carbocycles. The van der Waals surface area contributed by atoms with Crippen LogP contribution >= 0.6 is 0 Å². The lowest BCUT2D eigenvalue weighted by atomic mass is 10.1. The summed E-state index contributed by atoms with van der Waals surface area (Å²) in [5, 5.41) is 2.64. The molecule has 0 fully saturated rings. The number of carbonyl (C=O) groups excluding carboxylic acids is 1. The standard InChI is InChI=1S/C18H19F3N2O2/c1-12-15(8-5-9-16(12)25-11-18(19,20)21)23-17(24)14(22)10-13-6-3-2-4-7-13/h2-9,14H,10-11,22H2,1H3,(H,23,24)/t14-/m0/s1. The minimum absolute atomic E-state index is 0.0618. The highest BCUT2D eigenvalue weighted by Crippen LogP contribution is 2.27. The lowest BCUT2D eigenvalue weighted by molar-refractivity contribution is -0.153. The van der Waals surface area contributed by atoms with Gasteiger partial charge < -0.3 is 15.8 Å². The van der Waals surface area contributed by atoms with Crippen LogP contribution in [0.25, 0.3) is 0 Å². The van der Waals surface area contributed by atoms with E-state index in [2.05, 4.69) is 5.32 Å². The zero-order valence-corrected chi connectivity index (χ0v) is 13.6. The molecule has 0 saturated carbocycles. The highest BCUT2D eigenvalue weighted by Gasteiger charge is 2.28. The van der Waals surface area contributed by atoms with E-state index < -0.39 is 24.7 Å². The van der Waals surface area contributed by atoms with Crippen LogP contribution < -0.4 is 15.8 Å². The Balaban J connectivity index is 2.02. The van der Waals surface area contributed by atoms with E-state index in [0.29, 0.717) is 17.7 Å². The molecule has 4 nitrogen and oxygen atoms in total. The topological polar surface area (TPSA) is 64.4 Å². The summed E-state index contributed by atoms with van der Waals surface area (Å²) in [4.78, 5) is 12.2. The van der Waals surface area contributed by atoms with Gasteiger partial charge in [0.15, 0.2) is 6.61 Å². The highest BCUT2D eigenvalue weighted by molar-refractivity contribution is 5.95. The van der Waals surface area contributed by atoms with E-state index in [9.17, 15) is 18.0 Å². The Hall–Kier alpha value is -2.54. The summed E-state index contributed by atoms with van der Waals surface area (Å²) in [5.41, 5.74) is 7.61. The van der Waals surface area contributed by atoms with Crippen LogP contribution in [-0.4, -0.2) is 24.7 Å². The second kappa shape index (κ2) is 8.02. The maximum Gasteiger partial charge on any atom is 0.422 e. The lowest BCUT2D eigenvalue weighted by Crippen LogP contribution is -2.37. The molecule has 0 heterocycles. The molecule has 3 N–H and O–H groups in total.